The van der Waals surface area contributed by atoms with Gasteiger partial charge in [0.15, 0.2) is 0 Å². The lowest BCUT2D eigenvalue weighted by Gasteiger charge is -2.27. The van der Waals surface area contributed by atoms with Crippen molar-refractivity contribution in [3.8, 4) is 0 Å². The van der Waals surface area contributed by atoms with E-state index in [4.69, 9.17) is 0 Å². The summed E-state index contributed by atoms with van der Waals surface area (Å²) in [5, 5.41) is 0.786. The van der Waals surface area contributed by atoms with Gasteiger partial charge >= 0.3 is 0 Å². The van der Waals surface area contributed by atoms with E-state index in [0.717, 1.165) is 11.5 Å². The minimum atomic E-state index is -2.44. The van der Waals surface area contributed by atoms with Crippen molar-refractivity contribution < 1.29 is 13.6 Å². The molecule has 2 saturated carbocycles. The van der Waals surface area contributed by atoms with Crippen LogP contribution in [-0.4, -0.2) is 22.1 Å². The van der Waals surface area contributed by atoms with Gasteiger partial charge in [-0.2, -0.15) is 0 Å². The third kappa shape index (κ3) is 1.92. The Labute approximate surface area is 103 Å². The molecule has 0 radical (unpaired) electrons. The van der Waals surface area contributed by atoms with Gasteiger partial charge in [-0.3, -0.25) is 4.79 Å². The summed E-state index contributed by atoms with van der Waals surface area (Å²) >= 11 is 1.50. The molecule has 5 heteroatoms. The first-order valence-electron chi connectivity index (χ1n) is 6.11. The first-order valence-corrected chi connectivity index (χ1v) is 6.99. The Kier molecular flexibility index (Phi) is 2.58. The second-order valence-electron chi connectivity index (χ2n) is 5.46. The fourth-order valence-corrected chi connectivity index (χ4v) is 4.40. The third-order valence-electron chi connectivity index (χ3n) is 4.31. The van der Waals surface area contributed by atoms with Crippen LogP contribution < -0.4 is 0 Å². The van der Waals surface area contributed by atoms with Gasteiger partial charge in [0.05, 0.1) is 10.3 Å². The topological polar surface area (TPSA) is 29.4 Å². The summed E-state index contributed by atoms with van der Waals surface area (Å²) in [6, 6.07) is 0. The molecule has 2 fully saturated rings. The van der Waals surface area contributed by atoms with Crippen molar-refractivity contribution >= 4 is 22.7 Å². The fourth-order valence-electron chi connectivity index (χ4n) is 3.39. The van der Waals surface area contributed by atoms with Gasteiger partial charge in [-0.25, -0.2) is 13.8 Å². The molecule has 0 N–H and O–H groups in total. The molecule has 0 aromatic rings. The predicted octanol–water partition coefficient (Wildman–Crippen LogP) is 3.12. The monoisotopic (exact) mass is 259 g/mol. The summed E-state index contributed by atoms with van der Waals surface area (Å²) < 4.78 is 26.7. The third-order valence-corrected chi connectivity index (χ3v) is 5.39. The van der Waals surface area contributed by atoms with Gasteiger partial charge in [-0.15, -0.1) is 0 Å². The molecule has 2 bridgehead atoms. The van der Waals surface area contributed by atoms with Crippen LogP contribution in [-0.2, 0) is 4.79 Å². The van der Waals surface area contributed by atoms with E-state index in [1.165, 1.54) is 11.8 Å². The Morgan fingerprint density at radius 3 is 2.71 bits per heavy atom. The second kappa shape index (κ2) is 3.77. The SMILES string of the molecule is C[C@H]1SC(CC2CC3CC2CC3(F)F)=NC1=O. The minimum absolute atomic E-state index is 0.0454. The molecule has 0 aromatic carbocycles. The first kappa shape index (κ1) is 11.6. The predicted molar refractivity (Wildman–Crippen MR) is 63.4 cm³/mol. The number of aliphatic imine (C=N–C) groups is 1. The van der Waals surface area contributed by atoms with Crippen molar-refractivity contribution in [3.05, 3.63) is 0 Å². The standard InChI is InChI=1S/C12H15F2NOS/c1-6-11(16)15-10(17-6)4-7-2-9-3-8(7)5-12(9,13)14/h6-9H,2-5H2,1H3/t6-,7?,8?,9?/m1/s1. The summed E-state index contributed by atoms with van der Waals surface area (Å²) in [6.45, 7) is 1.85. The molecule has 0 saturated heterocycles. The number of hydrogen-bond acceptors (Lipinski definition) is 2. The normalized spacial score (nSPS) is 43.2. The maximum atomic E-state index is 13.4. The number of nitrogens with zero attached hydrogens (tertiary/aromatic N) is 1. The van der Waals surface area contributed by atoms with E-state index in [1.54, 1.807) is 0 Å². The average molecular weight is 259 g/mol. The Hall–Kier alpha value is -0.450. The van der Waals surface area contributed by atoms with Crippen LogP contribution in [0.15, 0.2) is 4.99 Å². The molecule has 1 heterocycles. The Balaban J connectivity index is 1.63. The molecular weight excluding hydrogens is 244 g/mol. The highest BCUT2D eigenvalue weighted by Gasteiger charge is 2.56. The van der Waals surface area contributed by atoms with Gasteiger partial charge in [-0.05, 0) is 38.0 Å². The van der Waals surface area contributed by atoms with Crippen molar-refractivity contribution in [2.24, 2.45) is 22.7 Å². The molecular formula is C12H15F2NOS. The molecule has 1 aliphatic heterocycles. The molecule has 4 atom stereocenters. The molecule has 3 aliphatic rings. The summed E-state index contributed by atoms with van der Waals surface area (Å²) in [5.74, 6) is -2.46. The van der Waals surface area contributed by atoms with Gasteiger partial charge in [0.25, 0.3) is 11.8 Å². The first-order chi connectivity index (χ1) is 7.95. The van der Waals surface area contributed by atoms with Crippen molar-refractivity contribution in [1.82, 2.24) is 0 Å². The number of thioether (sulfide) groups is 1. The Bertz CT molecular complexity index is 396. The van der Waals surface area contributed by atoms with E-state index in [0.29, 0.717) is 18.8 Å². The number of fused-ring (bicyclic) bond motifs is 2. The van der Waals surface area contributed by atoms with Crippen LogP contribution in [0.3, 0.4) is 0 Å². The lowest BCUT2D eigenvalue weighted by atomic mass is 9.85. The molecule has 1 amide bonds. The van der Waals surface area contributed by atoms with Crippen molar-refractivity contribution in [1.29, 1.82) is 0 Å². The summed E-state index contributed by atoms with van der Waals surface area (Å²) in [6.07, 6.45) is 2.06. The van der Waals surface area contributed by atoms with Crippen molar-refractivity contribution in [3.63, 3.8) is 0 Å². The molecule has 2 aliphatic carbocycles. The quantitative estimate of drug-likeness (QED) is 0.762. The summed E-state index contributed by atoms with van der Waals surface area (Å²) in [7, 11) is 0. The lowest BCUT2D eigenvalue weighted by molar-refractivity contribution is -0.116. The van der Waals surface area contributed by atoms with Crippen LogP contribution in [0, 0.1) is 17.8 Å². The molecule has 0 aromatic heterocycles. The number of carbonyl (C=O) groups is 1. The van der Waals surface area contributed by atoms with E-state index >= 15 is 0 Å². The zero-order valence-electron chi connectivity index (χ0n) is 9.66. The smallest absolute Gasteiger partial charge is 0.259 e. The highest BCUT2D eigenvalue weighted by Crippen LogP contribution is 2.57. The Morgan fingerprint density at radius 2 is 2.24 bits per heavy atom. The van der Waals surface area contributed by atoms with E-state index in [1.807, 2.05) is 6.92 Å². The van der Waals surface area contributed by atoms with Gasteiger partial charge in [0.1, 0.15) is 0 Å². The molecule has 3 unspecified atom stereocenters. The number of rotatable bonds is 2. The van der Waals surface area contributed by atoms with Crippen molar-refractivity contribution in [2.75, 3.05) is 0 Å². The minimum Gasteiger partial charge on any atom is -0.271 e. The van der Waals surface area contributed by atoms with Crippen molar-refractivity contribution in [2.45, 2.75) is 43.8 Å². The number of alkyl halides is 2. The van der Waals surface area contributed by atoms with E-state index in [-0.39, 0.29) is 23.5 Å². The van der Waals surface area contributed by atoms with Gasteiger partial charge < -0.3 is 0 Å². The fraction of sp³-hybridized carbons (Fsp3) is 0.833. The average Bonchev–Trinajstić information content (AvgIpc) is 2.81. The Morgan fingerprint density at radius 1 is 1.47 bits per heavy atom. The largest absolute Gasteiger partial charge is 0.271 e. The van der Waals surface area contributed by atoms with E-state index in [9.17, 15) is 13.6 Å². The number of halogens is 2. The van der Waals surface area contributed by atoms with E-state index < -0.39 is 11.8 Å². The molecule has 0 spiro atoms. The highest BCUT2D eigenvalue weighted by atomic mass is 32.2. The molecule has 17 heavy (non-hydrogen) atoms. The molecule has 3 rings (SSSR count). The maximum Gasteiger partial charge on any atom is 0.259 e. The van der Waals surface area contributed by atoms with Crippen LogP contribution in [0.4, 0.5) is 8.78 Å². The van der Waals surface area contributed by atoms with Gasteiger partial charge in [0, 0.05) is 12.3 Å². The van der Waals surface area contributed by atoms with Crippen LogP contribution in [0.1, 0.15) is 32.6 Å². The van der Waals surface area contributed by atoms with Crippen LogP contribution in [0.5, 0.6) is 0 Å². The zero-order valence-corrected chi connectivity index (χ0v) is 10.5. The molecule has 2 nitrogen and oxygen atoms in total. The van der Waals surface area contributed by atoms with Crippen LogP contribution >= 0.6 is 11.8 Å². The van der Waals surface area contributed by atoms with Gasteiger partial charge in [0.2, 0.25) is 0 Å². The number of carbonyl (C=O) groups excluding carboxylic acids is 1. The summed E-state index contributed by atoms with van der Waals surface area (Å²) in [5.41, 5.74) is 0. The molecule has 94 valence electrons. The maximum absolute atomic E-state index is 13.4. The van der Waals surface area contributed by atoms with Gasteiger partial charge in [-0.1, -0.05) is 11.8 Å². The summed E-state index contributed by atoms with van der Waals surface area (Å²) in [4.78, 5) is 15.3. The number of amides is 1. The lowest BCUT2D eigenvalue weighted by Crippen LogP contribution is -2.28. The highest BCUT2D eigenvalue weighted by molar-refractivity contribution is 8.15. The van der Waals surface area contributed by atoms with Crippen LogP contribution in [0.25, 0.3) is 0 Å². The number of hydrogen-bond donors (Lipinski definition) is 0. The van der Waals surface area contributed by atoms with Crippen LogP contribution in [0.2, 0.25) is 0 Å². The second-order valence-corrected chi connectivity index (χ2v) is 6.88. The zero-order chi connectivity index (χ0) is 12.2. The van der Waals surface area contributed by atoms with E-state index in [2.05, 4.69) is 4.99 Å².